The summed E-state index contributed by atoms with van der Waals surface area (Å²) in [5.74, 6) is 4.88. The number of allylic oxidation sites excluding steroid dienone is 5. The van der Waals surface area contributed by atoms with Crippen LogP contribution in [0.3, 0.4) is 0 Å². The van der Waals surface area contributed by atoms with Crippen molar-refractivity contribution < 1.29 is 4.42 Å². The maximum Gasteiger partial charge on any atom is 0.144 e. The van der Waals surface area contributed by atoms with Crippen molar-refractivity contribution in [1.29, 1.82) is 0 Å². The van der Waals surface area contributed by atoms with Gasteiger partial charge < -0.3 is 15.1 Å². The summed E-state index contributed by atoms with van der Waals surface area (Å²) in [7, 11) is 0. The van der Waals surface area contributed by atoms with Crippen LogP contribution in [0.5, 0.6) is 0 Å². The second kappa shape index (κ2) is 11.8. The van der Waals surface area contributed by atoms with Gasteiger partial charge in [0.2, 0.25) is 0 Å². The minimum absolute atomic E-state index is 0.181. The average molecular weight is 541 g/mol. The molecule has 3 heterocycles. The highest BCUT2D eigenvalue weighted by Gasteiger charge is 2.41. The first kappa shape index (κ1) is 26.5. The SMILES string of the molecule is C[C@@H]1C=C(C2CC=C3CCCN=C(C4=NC5C=CCC(c6ccoc6)C5N4)C3C2)CC(CNCC2CCCC2)C1. The summed E-state index contributed by atoms with van der Waals surface area (Å²) in [6.45, 7) is 5.78. The maximum absolute atomic E-state index is 5.45. The van der Waals surface area contributed by atoms with Crippen molar-refractivity contribution in [3.8, 4) is 0 Å². The molecule has 1 aromatic rings. The van der Waals surface area contributed by atoms with Crippen LogP contribution in [0.4, 0.5) is 0 Å². The molecule has 0 saturated heterocycles. The fraction of sp³-hybridized carbons (Fsp3) is 0.657. The van der Waals surface area contributed by atoms with E-state index in [9.17, 15) is 0 Å². The van der Waals surface area contributed by atoms with Crippen molar-refractivity contribution in [1.82, 2.24) is 10.6 Å². The van der Waals surface area contributed by atoms with Gasteiger partial charge in [-0.05, 0) is 106 Å². The summed E-state index contributed by atoms with van der Waals surface area (Å²) in [6.07, 6.45) is 27.7. The normalized spacial score (nSPS) is 36.1. The van der Waals surface area contributed by atoms with Gasteiger partial charge in [0.15, 0.2) is 0 Å². The molecule has 1 fully saturated rings. The van der Waals surface area contributed by atoms with Gasteiger partial charge in [-0.1, -0.05) is 55.2 Å². The molecule has 1 aromatic heterocycles. The van der Waals surface area contributed by atoms with Crippen molar-refractivity contribution >= 4 is 11.5 Å². The van der Waals surface area contributed by atoms with E-state index in [1.807, 2.05) is 6.26 Å². The smallest absolute Gasteiger partial charge is 0.144 e. The van der Waals surface area contributed by atoms with E-state index in [-0.39, 0.29) is 12.1 Å². The molecule has 0 bridgehead atoms. The predicted molar refractivity (Wildman–Crippen MR) is 164 cm³/mol. The molecule has 7 rings (SSSR count). The van der Waals surface area contributed by atoms with E-state index in [2.05, 4.69) is 47.9 Å². The van der Waals surface area contributed by atoms with Crippen LogP contribution in [0.25, 0.3) is 0 Å². The molecule has 4 aliphatic carbocycles. The third-order valence-electron chi connectivity index (χ3n) is 10.8. The molecule has 2 aliphatic heterocycles. The highest BCUT2D eigenvalue weighted by molar-refractivity contribution is 6.43. The molecule has 1 saturated carbocycles. The minimum atomic E-state index is 0.181. The van der Waals surface area contributed by atoms with Gasteiger partial charge in [0.25, 0.3) is 0 Å². The van der Waals surface area contributed by atoms with Crippen molar-refractivity contribution in [2.24, 2.45) is 39.6 Å². The number of furan rings is 1. The summed E-state index contributed by atoms with van der Waals surface area (Å²) in [5, 5.41) is 7.78. The third-order valence-corrected chi connectivity index (χ3v) is 10.8. The molecule has 6 aliphatic rings. The van der Waals surface area contributed by atoms with Crippen LogP contribution >= 0.6 is 0 Å². The summed E-state index contributed by atoms with van der Waals surface area (Å²) in [6, 6.07) is 2.59. The van der Waals surface area contributed by atoms with Crippen molar-refractivity contribution in [2.45, 2.75) is 95.6 Å². The molecular weight excluding hydrogens is 492 g/mol. The van der Waals surface area contributed by atoms with Crippen LogP contribution in [0, 0.1) is 29.6 Å². The Labute approximate surface area is 240 Å². The lowest BCUT2D eigenvalue weighted by atomic mass is 9.70. The Morgan fingerprint density at radius 2 is 1.95 bits per heavy atom. The molecule has 6 unspecified atom stereocenters. The third kappa shape index (κ3) is 5.55. The molecule has 7 atom stereocenters. The maximum atomic E-state index is 5.45. The largest absolute Gasteiger partial charge is 0.472 e. The Hall–Kier alpha value is -2.40. The van der Waals surface area contributed by atoms with Crippen LogP contribution in [0.1, 0.15) is 89.0 Å². The molecular formula is C35H48N4O. The number of nitrogens with zero attached hydrogens (tertiary/aromatic N) is 2. The molecule has 214 valence electrons. The first-order valence-electron chi connectivity index (χ1n) is 16.4. The molecule has 5 nitrogen and oxygen atoms in total. The zero-order valence-electron chi connectivity index (χ0n) is 24.4. The van der Waals surface area contributed by atoms with Crippen LogP contribution < -0.4 is 10.6 Å². The van der Waals surface area contributed by atoms with Gasteiger partial charge in [-0.3, -0.25) is 9.98 Å². The van der Waals surface area contributed by atoms with Crippen LogP contribution in [-0.4, -0.2) is 43.3 Å². The lowest BCUT2D eigenvalue weighted by molar-refractivity contribution is 0.340. The first-order valence-corrected chi connectivity index (χ1v) is 16.4. The van der Waals surface area contributed by atoms with Crippen molar-refractivity contribution in [3.63, 3.8) is 0 Å². The lowest BCUT2D eigenvalue weighted by Crippen LogP contribution is -2.44. The molecule has 5 heteroatoms. The first-order chi connectivity index (χ1) is 19.7. The number of fused-ring (bicyclic) bond motifs is 2. The van der Waals surface area contributed by atoms with E-state index >= 15 is 0 Å². The van der Waals surface area contributed by atoms with E-state index < -0.39 is 0 Å². The Bertz CT molecular complexity index is 1180. The number of nitrogens with one attached hydrogen (secondary N) is 2. The number of aliphatic imine (C=N–C) groups is 2. The average Bonchev–Trinajstić information content (AvgIpc) is 3.73. The van der Waals surface area contributed by atoms with E-state index in [0.29, 0.717) is 23.7 Å². The van der Waals surface area contributed by atoms with Crippen LogP contribution in [0.2, 0.25) is 0 Å². The zero-order chi connectivity index (χ0) is 26.9. The summed E-state index contributed by atoms with van der Waals surface area (Å²) in [4.78, 5) is 10.5. The topological polar surface area (TPSA) is 61.9 Å². The Kier molecular flexibility index (Phi) is 7.84. The second-order valence-electron chi connectivity index (χ2n) is 13.7. The lowest BCUT2D eigenvalue weighted by Gasteiger charge is -2.36. The standard InChI is InChI=1S/C35H48N4O/c1-23-16-25(21-36-20-24-6-2-3-7-24)18-29(17-23)27-12-11-26-8-5-14-37-34(31(26)19-27)35-38-32-10-4-9-30(33(32)39-35)28-13-15-40-22-28/h4,10-11,13,15,17,22-25,27,30-33,36H,2-3,5-9,12,14,16,18-21H2,1H3,(H,38,39)/t23-,25?,27?,30?,31?,32?,33?/m0/s1. The van der Waals surface area contributed by atoms with E-state index in [4.69, 9.17) is 14.4 Å². The van der Waals surface area contributed by atoms with Crippen LogP contribution in [-0.2, 0) is 0 Å². The fourth-order valence-corrected chi connectivity index (χ4v) is 8.77. The van der Waals surface area contributed by atoms with Gasteiger partial charge >= 0.3 is 0 Å². The number of rotatable bonds is 7. The van der Waals surface area contributed by atoms with Crippen LogP contribution in [0.15, 0.2) is 68.4 Å². The van der Waals surface area contributed by atoms with Gasteiger partial charge in [-0.2, -0.15) is 0 Å². The summed E-state index contributed by atoms with van der Waals surface area (Å²) >= 11 is 0. The van der Waals surface area contributed by atoms with E-state index in [1.54, 1.807) is 17.4 Å². The summed E-state index contributed by atoms with van der Waals surface area (Å²) < 4.78 is 5.45. The van der Waals surface area contributed by atoms with Gasteiger partial charge in [0.05, 0.1) is 30.3 Å². The molecule has 0 aromatic carbocycles. The van der Waals surface area contributed by atoms with Gasteiger partial charge in [0, 0.05) is 18.4 Å². The number of amidine groups is 1. The fourth-order valence-electron chi connectivity index (χ4n) is 8.77. The molecule has 0 radical (unpaired) electrons. The highest BCUT2D eigenvalue weighted by Crippen LogP contribution is 2.43. The molecule has 40 heavy (non-hydrogen) atoms. The minimum Gasteiger partial charge on any atom is -0.472 e. The number of hydrogen-bond acceptors (Lipinski definition) is 5. The van der Waals surface area contributed by atoms with E-state index in [1.165, 1.54) is 82.2 Å². The number of hydrogen-bond donors (Lipinski definition) is 2. The second-order valence-corrected chi connectivity index (χ2v) is 13.7. The quantitative estimate of drug-likeness (QED) is 0.366. The van der Waals surface area contributed by atoms with E-state index in [0.717, 1.165) is 37.1 Å². The Morgan fingerprint density at radius 3 is 2.83 bits per heavy atom. The highest BCUT2D eigenvalue weighted by atomic mass is 16.3. The Balaban J connectivity index is 1.04. The van der Waals surface area contributed by atoms with Gasteiger partial charge in [-0.15, -0.1) is 0 Å². The van der Waals surface area contributed by atoms with Crippen molar-refractivity contribution in [3.05, 3.63) is 59.6 Å². The zero-order valence-corrected chi connectivity index (χ0v) is 24.4. The molecule has 0 spiro atoms. The summed E-state index contributed by atoms with van der Waals surface area (Å²) in [5.41, 5.74) is 5.85. The Morgan fingerprint density at radius 1 is 1.05 bits per heavy atom. The van der Waals surface area contributed by atoms with Gasteiger partial charge in [0.1, 0.15) is 5.84 Å². The van der Waals surface area contributed by atoms with Gasteiger partial charge in [-0.25, -0.2) is 0 Å². The van der Waals surface area contributed by atoms with Crippen molar-refractivity contribution in [2.75, 3.05) is 19.6 Å². The predicted octanol–water partition coefficient (Wildman–Crippen LogP) is 7.00. The molecule has 2 N–H and O–H groups in total. The monoisotopic (exact) mass is 540 g/mol. The molecule has 0 amide bonds.